The minimum atomic E-state index is -3.91. The molecule has 0 bridgehead atoms. The highest BCUT2D eigenvalue weighted by Gasteiger charge is 2.51. The lowest BCUT2D eigenvalue weighted by Gasteiger charge is -2.42. The van der Waals surface area contributed by atoms with E-state index in [0.29, 0.717) is 19.3 Å². The number of likely N-dealkylation sites (N-methyl/N-ethyl adjacent to an activating group) is 1. The van der Waals surface area contributed by atoms with Gasteiger partial charge in [-0.1, -0.05) is 0 Å². The molecule has 1 aliphatic rings. The SMILES string of the molecule is CN(C1(C(=O)O)CCC1)S(N)(=O)=O. The molecule has 0 spiro atoms. The van der Waals surface area contributed by atoms with Gasteiger partial charge in [-0.25, -0.2) is 5.14 Å². The summed E-state index contributed by atoms with van der Waals surface area (Å²) in [6.45, 7) is 0. The van der Waals surface area contributed by atoms with E-state index in [0.717, 1.165) is 4.31 Å². The third kappa shape index (κ3) is 1.54. The molecule has 1 saturated carbocycles. The first-order valence-corrected chi connectivity index (χ1v) is 5.31. The van der Waals surface area contributed by atoms with Crippen molar-refractivity contribution >= 4 is 16.2 Å². The van der Waals surface area contributed by atoms with E-state index in [1.807, 2.05) is 0 Å². The average Bonchev–Trinajstić information content (AvgIpc) is 1.81. The van der Waals surface area contributed by atoms with Crippen molar-refractivity contribution in [3.8, 4) is 0 Å². The van der Waals surface area contributed by atoms with Crippen LogP contribution in [0.1, 0.15) is 19.3 Å². The molecule has 1 fully saturated rings. The van der Waals surface area contributed by atoms with Crippen molar-refractivity contribution < 1.29 is 18.3 Å². The van der Waals surface area contributed by atoms with E-state index in [-0.39, 0.29) is 0 Å². The van der Waals surface area contributed by atoms with Crippen LogP contribution in [0.4, 0.5) is 0 Å². The lowest BCUT2D eigenvalue weighted by molar-refractivity contribution is -0.152. The molecule has 3 N–H and O–H groups in total. The van der Waals surface area contributed by atoms with Crippen LogP contribution >= 0.6 is 0 Å². The monoisotopic (exact) mass is 208 g/mol. The number of aliphatic carboxylic acids is 1. The van der Waals surface area contributed by atoms with Crippen molar-refractivity contribution in [2.24, 2.45) is 5.14 Å². The molecule has 0 radical (unpaired) electrons. The minimum Gasteiger partial charge on any atom is -0.480 e. The van der Waals surface area contributed by atoms with E-state index in [9.17, 15) is 13.2 Å². The lowest BCUT2D eigenvalue weighted by Crippen LogP contribution is -2.60. The Morgan fingerprint density at radius 3 is 2.08 bits per heavy atom. The van der Waals surface area contributed by atoms with Gasteiger partial charge in [0.05, 0.1) is 0 Å². The van der Waals surface area contributed by atoms with Crippen molar-refractivity contribution in [3.05, 3.63) is 0 Å². The van der Waals surface area contributed by atoms with Gasteiger partial charge < -0.3 is 5.11 Å². The van der Waals surface area contributed by atoms with Crippen molar-refractivity contribution in [1.82, 2.24) is 4.31 Å². The fourth-order valence-corrected chi connectivity index (χ4v) is 2.17. The smallest absolute Gasteiger partial charge is 0.325 e. The summed E-state index contributed by atoms with van der Waals surface area (Å²) in [7, 11) is -2.72. The Hall–Kier alpha value is -0.660. The summed E-state index contributed by atoms with van der Waals surface area (Å²) in [6, 6.07) is 0. The second-order valence-electron chi connectivity index (χ2n) is 3.20. The topological polar surface area (TPSA) is 101 Å². The fourth-order valence-electron chi connectivity index (χ4n) is 1.42. The largest absolute Gasteiger partial charge is 0.480 e. The number of carboxylic acid groups (broad SMARTS) is 1. The van der Waals surface area contributed by atoms with Crippen LogP contribution in [0.15, 0.2) is 0 Å². The maximum atomic E-state index is 10.9. The fraction of sp³-hybridized carbons (Fsp3) is 0.833. The van der Waals surface area contributed by atoms with Gasteiger partial charge in [0, 0.05) is 7.05 Å². The summed E-state index contributed by atoms with van der Waals surface area (Å²) in [5, 5.41) is 13.7. The Labute approximate surface area is 76.5 Å². The predicted octanol–water partition coefficient (Wildman–Crippen LogP) is -0.871. The summed E-state index contributed by atoms with van der Waals surface area (Å²) in [5.41, 5.74) is -1.30. The van der Waals surface area contributed by atoms with E-state index < -0.39 is 21.7 Å². The molecule has 6 nitrogen and oxygen atoms in total. The van der Waals surface area contributed by atoms with Gasteiger partial charge in [-0.05, 0) is 19.3 Å². The van der Waals surface area contributed by atoms with Gasteiger partial charge in [0.1, 0.15) is 5.54 Å². The van der Waals surface area contributed by atoms with Crippen LogP contribution in [0, 0.1) is 0 Å². The maximum Gasteiger partial charge on any atom is 0.325 e. The van der Waals surface area contributed by atoms with E-state index in [1.54, 1.807) is 0 Å². The number of nitrogens with zero attached hydrogens (tertiary/aromatic N) is 1. The molecule has 0 aliphatic heterocycles. The molecule has 0 aromatic heterocycles. The minimum absolute atomic E-state index is 0.329. The number of rotatable bonds is 3. The first-order valence-electron chi connectivity index (χ1n) is 3.81. The number of hydrogen-bond acceptors (Lipinski definition) is 3. The highest BCUT2D eigenvalue weighted by molar-refractivity contribution is 7.86. The van der Waals surface area contributed by atoms with Crippen molar-refractivity contribution in [2.45, 2.75) is 24.8 Å². The third-order valence-electron chi connectivity index (χ3n) is 2.56. The van der Waals surface area contributed by atoms with E-state index in [4.69, 9.17) is 10.2 Å². The Balaban J connectivity index is 2.97. The van der Waals surface area contributed by atoms with Gasteiger partial charge in [0.25, 0.3) is 10.2 Å². The quantitative estimate of drug-likeness (QED) is 0.629. The van der Waals surface area contributed by atoms with Gasteiger partial charge in [-0.15, -0.1) is 0 Å². The Bertz CT molecular complexity index is 320. The van der Waals surface area contributed by atoms with Gasteiger partial charge in [-0.3, -0.25) is 4.79 Å². The molecule has 7 heteroatoms. The number of carboxylic acids is 1. The molecule has 76 valence electrons. The Morgan fingerprint density at radius 2 is 2.00 bits per heavy atom. The number of nitrogens with two attached hydrogens (primary N) is 1. The third-order valence-corrected chi connectivity index (χ3v) is 3.68. The lowest BCUT2D eigenvalue weighted by atomic mass is 9.77. The molecule has 0 aromatic rings. The second kappa shape index (κ2) is 2.93. The average molecular weight is 208 g/mol. The van der Waals surface area contributed by atoms with Crippen molar-refractivity contribution in [3.63, 3.8) is 0 Å². The van der Waals surface area contributed by atoms with Crippen LogP contribution in [-0.2, 0) is 15.0 Å². The molecule has 0 heterocycles. The van der Waals surface area contributed by atoms with Gasteiger partial charge in [0.15, 0.2) is 0 Å². The zero-order chi connectivity index (χ0) is 10.3. The Morgan fingerprint density at radius 1 is 1.54 bits per heavy atom. The van der Waals surface area contributed by atoms with Crippen molar-refractivity contribution in [1.29, 1.82) is 0 Å². The van der Waals surface area contributed by atoms with Gasteiger partial charge in [-0.2, -0.15) is 12.7 Å². The summed E-state index contributed by atoms with van der Waals surface area (Å²) in [5.74, 6) is -1.13. The molecule has 0 amide bonds. The zero-order valence-corrected chi connectivity index (χ0v) is 8.04. The predicted molar refractivity (Wildman–Crippen MR) is 45.1 cm³/mol. The first kappa shape index (κ1) is 10.4. The molecule has 1 rings (SSSR count). The molecule has 0 atom stereocenters. The second-order valence-corrected chi connectivity index (χ2v) is 4.78. The molecule has 1 aliphatic carbocycles. The van der Waals surface area contributed by atoms with E-state index in [1.165, 1.54) is 7.05 Å². The zero-order valence-electron chi connectivity index (χ0n) is 7.23. The maximum absolute atomic E-state index is 10.9. The summed E-state index contributed by atoms with van der Waals surface area (Å²) in [6.07, 6.45) is 1.37. The van der Waals surface area contributed by atoms with Crippen LogP contribution in [0.2, 0.25) is 0 Å². The van der Waals surface area contributed by atoms with Crippen LogP contribution in [0.25, 0.3) is 0 Å². The molecule has 0 unspecified atom stereocenters. The van der Waals surface area contributed by atoms with Gasteiger partial charge >= 0.3 is 5.97 Å². The summed E-state index contributed by atoms with van der Waals surface area (Å²) >= 11 is 0. The normalized spacial score (nSPS) is 21.2. The Kier molecular flexibility index (Phi) is 2.35. The highest BCUT2D eigenvalue weighted by atomic mass is 32.2. The molecule has 0 saturated heterocycles. The molecule has 13 heavy (non-hydrogen) atoms. The molecule has 0 aromatic carbocycles. The standard InChI is InChI=1S/C6H12N2O4S/c1-8(13(7,11)12)6(5(9)10)3-2-4-6/h2-4H2,1H3,(H,9,10)(H2,7,11,12). The molecular formula is C6H12N2O4S. The van der Waals surface area contributed by atoms with Crippen LogP contribution in [0.3, 0.4) is 0 Å². The van der Waals surface area contributed by atoms with Crippen LogP contribution in [-0.4, -0.2) is 36.4 Å². The number of carbonyl (C=O) groups is 1. The molecular weight excluding hydrogens is 196 g/mol. The van der Waals surface area contributed by atoms with Crippen LogP contribution < -0.4 is 5.14 Å². The first-order chi connectivity index (χ1) is 5.81. The van der Waals surface area contributed by atoms with Crippen LogP contribution in [0.5, 0.6) is 0 Å². The van der Waals surface area contributed by atoms with Crippen molar-refractivity contribution in [2.75, 3.05) is 7.05 Å². The summed E-state index contributed by atoms with van der Waals surface area (Å²) < 4.78 is 22.6. The summed E-state index contributed by atoms with van der Waals surface area (Å²) in [4.78, 5) is 10.8. The highest BCUT2D eigenvalue weighted by Crippen LogP contribution is 2.37. The van der Waals surface area contributed by atoms with Gasteiger partial charge in [0.2, 0.25) is 0 Å². The number of hydrogen-bond donors (Lipinski definition) is 2. The van der Waals surface area contributed by atoms with E-state index in [2.05, 4.69) is 0 Å². The van der Waals surface area contributed by atoms with E-state index >= 15 is 0 Å².